The maximum absolute atomic E-state index is 13.3. The summed E-state index contributed by atoms with van der Waals surface area (Å²) >= 11 is 2.74. The van der Waals surface area contributed by atoms with Gasteiger partial charge in [-0.15, -0.1) is 10.2 Å². The minimum Gasteiger partial charge on any atom is -0.467 e. The summed E-state index contributed by atoms with van der Waals surface area (Å²) in [5.41, 5.74) is 0.753. The van der Waals surface area contributed by atoms with Gasteiger partial charge < -0.3 is 14.6 Å². The van der Waals surface area contributed by atoms with Crippen LogP contribution in [0.5, 0.6) is 0 Å². The number of carbonyl (C=O) groups is 1. The zero-order chi connectivity index (χ0) is 19.2. The van der Waals surface area contributed by atoms with Crippen LogP contribution in [0.25, 0.3) is 0 Å². The first kappa shape index (κ1) is 19.4. The highest BCUT2D eigenvalue weighted by Gasteiger charge is 2.21. The third-order valence-corrected chi connectivity index (χ3v) is 5.76. The third-order valence-electron chi connectivity index (χ3n) is 3.71. The van der Waals surface area contributed by atoms with Gasteiger partial charge in [0.15, 0.2) is 4.34 Å². The number of rotatable bonds is 8. The van der Waals surface area contributed by atoms with E-state index in [1.54, 1.807) is 30.3 Å². The largest absolute Gasteiger partial charge is 0.467 e. The average molecular weight is 407 g/mol. The van der Waals surface area contributed by atoms with E-state index in [2.05, 4.69) is 15.5 Å². The quantitative estimate of drug-likeness (QED) is 0.570. The molecule has 0 spiro atoms. The van der Waals surface area contributed by atoms with Gasteiger partial charge in [-0.05, 0) is 36.8 Å². The Balaban J connectivity index is 1.51. The lowest BCUT2D eigenvalue weighted by atomic mass is 10.2. The Kier molecular flexibility index (Phi) is 6.46. The Bertz CT molecular complexity index is 885. The van der Waals surface area contributed by atoms with E-state index >= 15 is 0 Å². The zero-order valence-corrected chi connectivity index (χ0v) is 16.5. The van der Waals surface area contributed by atoms with Gasteiger partial charge in [-0.3, -0.25) is 4.79 Å². The van der Waals surface area contributed by atoms with E-state index < -0.39 is 0 Å². The van der Waals surface area contributed by atoms with Crippen LogP contribution in [0.15, 0.2) is 51.4 Å². The van der Waals surface area contributed by atoms with Crippen LogP contribution < -0.4 is 5.32 Å². The molecule has 27 heavy (non-hydrogen) atoms. The number of benzene rings is 1. The van der Waals surface area contributed by atoms with Gasteiger partial charge in [-0.2, -0.15) is 0 Å². The summed E-state index contributed by atoms with van der Waals surface area (Å²) in [5.74, 6) is 0.450. The van der Waals surface area contributed by atoms with Crippen molar-refractivity contribution < 1.29 is 13.6 Å². The molecule has 1 N–H and O–H groups in total. The third kappa shape index (κ3) is 5.54. The molecule has 0 aliphatic rings. The minimum absolute atomic E-state index is 0.0513. The molecule has 1 unspecified atom stereocenters. The van der Waals surface area contributed by atoms with E-state index in [0.29, 0.717) is 22.6 Å². The molecule has 2 aromatic heterocycles. The molecule has 0 bridgehead atoms. The number of nitrogens with zero attached hydrogens (tertiary/aromatic N) is 3. The topological polar surface area (TPSA) is 71.3 Å². The predicted molar refractivity (Wildman–Crippen MR) is 104 cm³/mol. The summed E-state index contributed by atoms with van der Waals surface area (Å²) in [6.45, 7) is 2.71. The summed E-state index contributed by atoms with van der Waals surface area (Å²) in [6, 6.07) is 9.96. The van der Waals surface area contributed by atoms with Crippen LogP contribution in [0.4, 0.5) is 9.52 Å². The molecule has 9 heteroatoms. The molecule has 0 aliphatic heterocycles. The van der Waals surface area contributed by atoms with Crippen LogP contribution in [0, 0.1) is 5.82 Å². The molecule has 0 saturated heterocycles. The summed E-state index contributed by atoms with van der Waals surface area (Å²) < 4.78 is 19.2. The smallest absolute Gasteiger partial charge is 0.235 e. The predicted octanol–water partition coefficient (Wildman–Crippen LogP) is 4.02. The number of hydrogen-bond donors (Lipinski definition) is 1. The first-order valence-corrected chi connectivity index (χ1v) is 9.96. The molecule has 3 rings (SSSR count). The van der Waals surface area contributed by atoms with Crippen molar-refractivity contribution in [3.05, 3.63) is 59.8 Å². The first-order valence-electron chi connectivity index (χ1n) is 8.27. The van der Waals surface area contributed by atoms with E-state index in [9.17, 15) is 9.18 Å². The zero-order valence-electron chi connectivity index (χ0n) is 14.9. The number of hydrogen-bond acceptors (Lipinski definition) is 7. The van der Waals surface area contributed by atoms with Crippen molar-refractivity contribution in [1.82, 2.24) is 15.1 Å². The monoisotopic (exact) mass is 406 g/mol. The summed E-state index contributed by atoms with van der Waals surface area (Å²) in [7, 11) is 1.71. The number of nitrogens with one attached hydrogen (secondary N) is 1. The van der Waals surface area contributed by atoms with Crippen LogP contribution in [-0.4, -0.2) is 33.3 Å². The van der Waals surface area contributed by atoms with Crippen LogP contribution in [0.1, 0.15) is 18.2 Å². The number of anilines is 1. The molecule has 6 nitrogen and oxygen atoms in total. The van der Waals surface area contributed by atoms with Gasteiger partial charge in [0.1, 0.15) is 11.6 Å². The lowest BCUT2D eigenvalue weighted by molar-refractivity contribution is -0.129. The maximum atomic E-state index is 13.3. The normalized spacial score (nSPS) is 12.0. The molecule has 3 aromatic rings. The van der Waals surface area contributed by atoms with Gasteiger partial charge in [0, 0.05) is 13.6 Å². The molecule has 0 aliphatic carbocycles. The standard InChI is InChI=1S/C18H19FN4O2S2/c1-12(16(24)23(2)11-13-5-3-6-14(19)9-13)26-18-22-21-17(27-18)20-10-15-7-4-8-25-15/h3-9,12H,10-11H2,1-2H3,(H,20,21). The Labute approximate surface area is 164 Å². The van der Waals surface area contributed by atoms with Gasteiger partial charge in [0.05, 0.1) is 18.1 Å². The summed E-state index contributed by atoms with van der Waals surface area (Å²) in [6.07, 6.45) is 1.62. The number of carbonyl (C=O) groups excluding carboxylic acids is 1. The molecule has 1 atom stereocenters. The lowest BCUT2D eigenvalue weighted by Gasteiger charge is -2.20. The van der Waals surface area contributed by atoms with E-state index in [0.717, 1.165) is 11.3 Å². The van der Waals surface area contributed by atoms with Crippen LogP contribution in [0.3, 0.4) is 0 Å². The minimum atomic E-state index is -0.325. The molecular weight excluding hydrogens is 387 g/mol. The second-order valence-electron chi connectivity index (χ2n) is 5.89. The first-order chi connectivity index (χ1) is 13.0. The number of amides is 1. The summed E-state index contributed by atoms with van der Waals surface area (Å²) in [4.78, 5) is 14.2. The molecule has 142 valence electrons. The van der Waals surface area contributed by atoms with E-state index in [1.807, 2.05) is 19.1 Å². The van der Waals surface area contributed by atoms with Crippen molar-refractivity contribution in [2.45, 2.75) is 29.6 Å². The van der Waals surface area contributed by atoms with Crippen LogP contribution >= 0.6 is 23.1 Å². The SMILES string of the molecule is CC(Sc1nnc(NCc2ccco2)s1)C(=O)N(C)Cc1cccc(F)c1. The van der Waals surface area contributed by atoms with E-state index in [4.69, 9.17) is 4.42 Å². The van der Waals surface area contributed by atoms with Crippen LogP contribution in [0.2, 0.25) is 0 Å². The Morgan fingerprint density at radius 1 is 1.37 bits per heavy atom. The van der Waals surface area contributed by atoms with Crippen molar-refractivity contribution in [3.8, 4) is 0 Å². The number of furan rings is 1. The second-order valence-corrected chi connectivity index (χ2v) is 8.46. The van der Waals surface area contributed by atoms with Crippen molar-refractivity contribution >= 4 is 34.1 Å². The fourth-order valence-electron chi connectivity index (χ4n) is 2.40. The van der Waals surface area contributed by atoms with Crippen molar-refractivity contribution in [1.29, 1.82) is 0 Å². The fourth-order valence-corrected chi connectivity index (χ4v) is 4.41. The lowest BCUT2D eigenvalue weighted by Crippen LogP contribution is -2.32. The average Bonchev–Trinajstić information content (AvgIpc) is 3.31. The Morgan fingerprint density at radius 2 is 2.22 bits per heavy atom. The highest BCUT2D eigenvalue weighted by Crippen LogP contribution is 2.30. The van der Waals surface area contributed by atoms with E-state index in [-0.39, 0.29) is 17.0 Å². The Morgan fingerprint density at radius 3 is 2.96 bits per heavy atom. The molecule has 0 radical (unpaired) electrons. The molecular formula is C18H19FN4O2S2. The second kappa shape index (κ2) is 9.01. The highest BCUT2D eigenvalue weighted by molar-refractivity contribution is 8.02. The summed E-state index contributed by atoms with van der Waals surface area (Å²) in [5, 5.41) is 11.7. The number of halogens is 1. The van der Waals surface area contributed by atoms with Gasteiger partial charge >= 0.3 is 0 Å². The Hall–Kier alpha value is -2.39. The number of aromatic nitrogens is 2. The van der Waals surface area contributed by atoms with E-state index in [1.165, 1.54) is 35.2 Å². The van der Waals surface area contributed by atoms with Crippen molar-refractivity contribution in [3.63, 3.8) is 0 Å². The molecule has 1 amide bonds. The number of thioether (sulfide) groups is 1. The van der Waals surface area contributed by atoms with Gasteiger partial charge in [0.2, 0.25) is 11.0 Å². The molecule has 0 fully saturated rings. The van der Waals surface area contributed by atoms with Gasteiger partial charge in [0.25, 0.3) is 0 Å². The van der Waals surface area contributed by atoms with Gasteiger partial charge in [-0.1, -0.05) is 35.2 Å². The molecule has 2 heterocycles. The van der Waals surface area contributed by atoms with Crippen molar-refractivity contribution in [2.75, 3.05) is 12.4 Å². The molecule has 0 saturated carbocycles. The van der Waals surface area contributed by atoms with Crippen LogP contribution in [-0.2, 0) is 17.9 Å². The molecule has 1 aromatic carbocycles. The highest BCUT2D eigenvalue weighted by atomic mass is 32.2. The fraction of sp³-hybridized carbons (Fsp3) is 0.278. The van der Waals surface area contributed by atoms with Gasteiger partial charge in [-0.25, -0.2) is 4.39 Å². The van der Waals surface area contributed by atoms with Crippen molar-refractivity contribution in [2.24, 2.45) is 0 Å². The maximum Gasteiger partial charge on any atom is 0.235 e.